The van der Waals surface area contributed by atoms with Gasteiger partial charge in [0.1, 0.15) is 10.8 Å². The Morgan fingerprint density at radius 2 is 2.21 bits per heavy atom. The third-order valence-corrected chi connectivity index (χ3v) is 3.96. The van der Waals surface area contributed by atoms with Crippen molar-refractivity contribution in [3.05, 3.63) is 23.4 Å². The number of nitrogens with zero attached hydrogens (tertiary/aromatic N) is 3. The summed E-state index contributed by atoms with van der Waals surface area (Å²) in [5, 5.41) is 0. The Balaban J connectivity index is 2.21. The summed E-state index contributed by atoms with van der Waals surface area (Å²) in [5.41, 5.74) is 7.60. The number of rotatable bonds is 3. The van der Waals surface area contributed by atoms with Crippen LogP contribution in [0.25, 0.3) is 0 Å². The number of aromatic nitrogens is 1. The van der Waals surface area contributed by atoms with Crippen molar-refractivity contribution >= 4 is 23.0 Å². The van der Waals surface area contributed by atoms with Crippen LogP contribution >= 0.6 is 12.2 Å². The van der Waals surface area contributed by atoms with E-state index in [4.69, 9.17) is 18.0 Å². The van der Waals surface area contributed by atoms with Crippen molar-refractivity contribution in [2.75, 3.05) is 31.1 Å². The lowest BCUT2D eigenvalue weighted by molar-refractivity contribution is 0.199. The first-order valence-electron chi connectivity index (χ1n) is 6.78. The molecular formula is C14H22N4S. The zero-order valence-corrected chi connectivity index (χ0v) is 12.7. The molecule has 1 atom stereocenters. The summed E-state index contributed by atoms with van der Waals surface area (Å²) in [4.78, 5) is 9.87. The Morgan fingerprint density at radius 1 is 1.47 bits per heavy atom. The number of pyridine rings is 1. The van der Waals surface area contributed by atoms with Crippen LogP contribution < -0.4 is 10.6 Å². The molecule has 1 unspecified atom stereocenters. The number of likely N-dealkylation sites (N-methyl/N-ethyl adjacent to an activating group) is 1. The first-order valence-corrected chi connectivity index (χ1v) is 7.19. The maximum absolute atomic E-state index is 5.73. The summed E-state index contributed by atoms with van der Waals surface area (Å²) >= 11 is 5.07. The first kappa shape index (κ1) is 14.2. The van der Waals surface area contributed by atoms with Crippen LogP contribution in [-0.4, -0.2) is 47.1 Å². The molecule has 0 amide bonds. The van der Waals surface area contributed by atoms with Gasteiger partial charge in [-0.2, -0.15) is 0 Å². The molecule has 1 aliphatic rings. The highest BCUT2D eigenvalue weighted by Crippen LogP contribution is 2.19. The standard InChI is InChI=1S/C14H22N4S/c1-4-17-5-6-18(9-11(17)3)13-8-12(14(15)19)7-10(2)16-13/h7-8,11H,4-6,9H2,1-3H3,(H2,15,19). The molecule has 1 fully saturated rings. The van der Waals surface area contributed by atoms with Gasteiger partial charge in [0.05, 0.1) is 0 Å². The first-order chi connectivity index (χ1) is 9.01. The smallest absolute Gasteiger partial charge is 0.129 e. The third-order valence-electron chi connectivity index (χ3n) is 3.72. The largest absolute Gasteiger partial charge is 0.389 e. The fourth-order valence-corrected chi connectivity index (χ4v) is 2.75. The molecule has 0 saturated carbocycles. The molecule has 0 aliphatic carbocycles. The van der Waals surface area contributed by atoms with E-state index in [1.54, 1.807) is 0 Å². The third kappa shape index (κ3) is 3.22. The highest BCUT2D eigenvalue weighted by atomic mass is 32.1. The zero-order valence-electron chi connectivity index (χ0n) is 11.9. The van der Waals surface area contributed by atoms with Gasteiger partial charge in [-0.15, -0.1) is 0 Å². The van der Waals surface area contributed by atoms with E-state index in [0.29, 0.717) is 11.0 Å². The van der Waals surface area contributed by atoms with Crippen LogP contribution in [0.3, 0.4) is 0 Å². The van der Waals surface area contributed by atoms with Crippen molar-refractivity contribution in [1.82, 2.24) is 9.88 Å². The molecule has 1 aliphatic heterocycles. The van der Waals surface area contributed by atoms with Crippen molar-refractivity contribution in [2.24, 2.45) is 5.73 Å². The van der Waals surface area contributed by atoms with E-state index in [1.807, 2.05) is 19.1 Å². The van der Waals surface area contributed by atoms with Gasteiger partial charge in [-0.05, 0) is 32.5 Å². The summed E-state index contributed by atoms with van der Waals surface area (Å²) < 4.78 is 0. The molecule has 1 aromatic rings. The summed E-state index contributed by atoms with van der Waals surface area (Å²) in [6, 6.07) is 4.50. The van der Waals surface area contributed by atoms with Gasteiger partial charge in [0.2, 0.25) is 0 Å². The molecule has 0 spiro atoms. The highest BCUT2D eigenvalue weighted by molar-refractivity contribution is 7.80. The van der Waals surface area contributed by atoms with E-state index < -0.39 is 0 Å². The molecule has 1 aromatic heterocycles. The van der Waals surface area contributed by atoms with Gasteiger partial charge in [0, 0.05) is 36.9 Å². The molecule has 4 nitrogen and oxygen atoms in total. The maximum Gasteiger partial charge on any atom is 0.129 e. The number of hydrogen-bond donors (Lipinski definition) is 1. The van der Waals surface area contributed by atoms with Crippen LogP contribution in [0, 0.1) is 6.92 Å². The summed E-state index contributed by atoms with van der Waals surface area (Å²) in [6.45, 7) is 10.6. The Bertz CT molecular complexity index is 475. The monoisotopic (exact) mass is 278 g/mol. The summed E-state index contributed by atoms with van der Waals surface area (Å²) in [5.74, 6) is 0.991. The lowest BCUT2D eigenvalue weighted by Crippen LogP contribution is -2.52. The van der Waals surface area contributed by atoms with Gasteiger partial charge >= 0.3 is 0 Å². The highest BCUT2D eigenvalue weighted by Gasteiger charge is 2.23. The van der Waals surface area contributed by atoms with Crippen LogP contribution in [0.4, 0.5) is 5.82 Å². The van der Waals surface area contributed by atoms with E-state index >= 15 is 0 Å². The number of aryl methyl sites for hydroxylation is 1. The van der Waals surface area contributed by atoms with Gasteiger partial charge < -0.3 is 10.6 Å². The van der Waals surface area contributed by atoms with Crippen molar-refractivity contribution < 1.29 is 0 Å². The number of hydrogen-bond acceptors (Lipinski definition) is 4. The van der Waals surface area contributed by atoms with Crippen LogP contribution in [0.15, 0.2) is 12.1 Å². The SMILES string of the molecule is CCN1CCN(c2cc(C(N)=S)cc(C)n2)CC1C. The second-order valence-corrected chi connectivity index (χ2v) is 5.58. The average molecular weight is 278 g/mol. The molecule has 2 heterocycles. The van der Waals surface area contributed by atoms with E-state index in [9.17, 15) is 0 Å². The van der Waals surface area contributed by atoms with Gasteiger partial charge in [0.15, 0.2) is 0 Å². The number of anilines is 1. The summed E-state index contributed by atoms with van der Waals surface area (Å²) in [7, 11) is 0. The Kier molecular flexibility index (Phi) is 4.37. The predicted octanol–water partition coefficient (Wildman–Crippen LogP) is 1.55. The van der Waals surface area contributed by atoms with Crippen LogP contribution in [0.5, 0.6) is 0 Å². The van der Waals surface area contributed by atoms with Crippen molar-refractivity contribution in [3.8, 4) is 0 Å². The van der Waals surface area contributed by atoms with Crippen molar-refractivity contribution in [2.45, 2.75) is 26.8 Å². The van der Waals surface area contributed by atoms with Gasteiger partial charge in [-0.25, -0.2) is 4.98 Å². The summed E-state index contributed by atoms with van der Waals surface area (Å²) in [6.07, 6.45) is 0. The minimum atomic E-state index is 0.437. The van der Waals surface area contributed by atoms with Crippen molar-refractivity contribution in [3.63, 3.8) is 0 Å². The number of thiocarbonyl (C=S) groups is 1. The molecule has 2 N–H and O–H groups in total. The van der Waals surface area contributed by atoms with E-state index in [1.165, 1.54) is 0 Å². The van der Waals surface area contributed by atoms with Crippen LogP contribution in [0.2, 0.25) is 0 Å². The molecule has 104 valence electrons. The molecular weight excluding hydrogens is 256 g/mol. The fourth-order valence-electron chi connectivity index (χ4n) is 2.63. The van der Waals surface area contributed by atoms with Gasteiger partial charge in [-0.1, -0.05) is 19.1 Å². The average Bonchev–Trinajstić information content (AvgIpc) is 2.37. The van der Waals surface area contributed by atoms with Crippen LogP contribution in [0.1, 0.15) is 25.1 Å². The van der Waals surface area contributed by atoms with E-state index in [0.717, 1.165) is 43.3 Å². The molecule has 2 rings (SSSR count). The number of piperazine rings is 1. The fraction of sp³-hybridized carbons (Fsp3) is 0.571. The Morgan fingerprint density at radius 3 is 2.79 bits per heavy atom. The molecule has 0 radical (unpaired) electrons. The topological polar surface area (TPSA) is 45.4 Å². The second kappa shape index (κ2) is 5.84. The number of nitrogens with two attached hydrogens (primary N) is 1. The van der Waals surface area contributed by atoms with Crippen LogP contribution in [-0.2, 0) is 0 Å². The maximum atomic E-state index is 5.73. The lowest BCUT2D eigenvalue weighted by Gasteiger charge is -2.40. The van der Waals surface area contributed by atoms with Crippen molar-refractivity contribution in [1.29, 1.82) is 0 Å². The molecule has 1 saturated heterocycles. The zero-order chi connectivity index (χ0) is 14.0. The minimum Gasteiger partial charge on any atom is -0.389 e. The Hall–Kier alpha value is -1.20. The van der Waals surface area contributed by atoms with Gasteiger partial charge in [0.25, 0.3) is 0 Å². The van der Waals surface area contributed by atoms with Gasteiger partial charge in [-0.3, -0.25) is 4.90 Å². The molecule has 0 aromatic carbocycles. The predicted molar refractivity (Wildman–Crippen MR) is 83.8 cm³/mol. The molecule has 0 bridgehead atoms. The second-order valence-electron chi connectivity index (χ2n) is 5.14. The van der Waals surface area contributed by atoms with E-state index in [2.05, 4.69) is 28.6 Å². The molecule has 19 heavy (non-hydrogen) atoms. The normalized spacial score (nSPS) is 20.6. The van der Waals surface area contributed by atoms with E-state index in [-0.39, 0.29) is 0 Å². The lowest BCUT2D eigenvalue weighted by atomic mass is 10.1. The Labute approximate surface area is 120 Å². The molecule has 5 heteroatoms. The quantitative estimate of drug-likeness (QED) is 0.850. The minimum absolute atomic E-state index is 0.437.